The number of primary amides is 1. The van der Waals surface area contributed by atoms with Gasteiger partial charge in [-0.15, -0.1) is 0 Å². The van der Waals surface area contributed by atoms with Gasteiger partial charge in [0.25, 0.3) is 0 Å². The number of piperidine rings is 1. The first-order valence-electron chi connectivity index (χ1n) is 3.31. The van der Waals surface area contributed by atoms with Crippen molar-refractivity contribution in [2.75, 3.05) is 6.54 Å². The van der Waals surface area contributed by atoms with Crippen molar-refractivity contribution < 1.29 is 4.79 Å². The van der Waals surface area contributed by atoms with Crippen LogP contribution in [0.4, 0.5) is 0 Å². The first-order valence-corrected chi connectivity index (χ1v) is 3.31. The lowest BCUT2D eigenvalue weighted by atomic mass is 10.2. The summed E-state index contributed by atoms with van der Waals surface area (Å²) in [5.41, 5.74) is 4.92. The molecular weight excluding hydrogens is 116 g/mol. The van der Waals surface area contributed by atoms with E-state index in [1.165, 1.54) is 0 Å². The van der Waals surface area contributed by atoms with Crippen LogP contribution in [0.2, 0.25) is 0 Å². The van der Waals surface area contributed by atoms with Crippen molar-refractivity contribution in [3.63, 3.8) is 0 Å². The van der Waals surface area contributed by atoms with Gasteiger partial charge < -0.3 is 11.1 Å². The lowest BCUT2D eigenvalue weighted by Crippen LogP contribution is -2.41. The maximum Gasteiger partial charge on any atom is 0.238 e. The number of carbonyl (C=O) groups is 1. The first-order chi connectivity index (χ1) is 4.26. The Balaban J connectivity index is 2.19. The van der Waals surface area contributed by atoms with E-state index in [9.17, 15) is 4.79 Å². The van der Waals surface area contributed by atoms with E-state index in [4.69, 9.17) is 5.73 Å². The van der Waals surface area contributed by atoms with Crippen molar-refractivity contribution in [2.24, 2.45) is 11.7 Å². The molecule has 1 unspecified atom stereocenters. The van der Waals surface area contributed by atoms with Crippen LogP contribution in [0, 0.1) is 5.92 Å². The smallest absolute Gasteiger partial charge is 0.238 e. The molecule has 3 nitrogen and oxygen atoms in total. The van der Waals surface area contributed by atoms with Crippen molar-refractivity contribution in [3.8, 4) is 0 Å². The molecule has 1 heterocycles. The third-order valence-electron chi connectivity index (χ3n) is 2.48. The second-order valence-electron chi connectivity index (χ2n) is 2.95. The highest BCUT2D eigenvalue weighted by molar-refractivity contribution is 5.89. The summed E-state index contributed by atoms with van der Waals surface area (Å²) in [5.74, 6) is 0.403. The third kappa shape index (κ3) is 0.477. The quantitative estimate of drug-likeness (QED) is 0.484. The molecule has 1 saturated heterocycles. The highest BCUT2D eigenvalue weighted by Gasteiger charge is 2.61. The van der Waals surface area contributed by atoms with Crippen molar-refractivity contribution in [1.82, 2.24) is 5.32 Å². The fourth-order valence-corrected chi connectivity index (χ4v) is 1.75. The van der Waals surface area contributed by atoms with E-state index in [2.05, 4.69) is 5.32 Å². The molecule has 1 amide bonds. The van der Waals surface area contributed by atoms with Crippen molar-refractivity contribution >= 4 is 5.91 Å². The molecule has 0 aromatic carbocycles. The monoisotopic (exact) mass is 126 g/mol. The number of carbonyl (C=O) groups excluding carboxylic acids is 1. The molecule has 9 heavy (non-hydrogen) atoms. The molecule has 0 bridgehead atoms. The van der Waals surface area contributed by atoms with Crippen LogP contribution in [0.15, 0.2) is 0 Å². The molecule has 50 valence electrons. The second kappa shape index (κ2) is 1.29. The van der Waals surface area contributed by atoms with Crippen LogP contribution in [0.25, 0.3) is 0 Å². The standard InChI is InChI=1S/C6H10N2O/c7-5(9)6-3-4(6)1-2-8-6/h4,8H,1-3H2,(H2,7,9)/t4?,6-/m0/s1. The molecule has 3 heteroatoms. The normalized spacial score (nSPS) is 46.4. The second-order valence-corrected chi connectivity index (χ2v) is 2.95. The summed E-state index contributed by atoms with van der Waals surface area (Å²) in [6.07, 6.45) is 2.10. The Kier molecular flexibility index (Phi) is 0.750. The number of nitrogens with one attached hydrogen (secondary N) is 1. The van der Waals surface area contributed by atoms with E-state index < -0.39 is 0 Å². The van der Waals surface area contributed by atoms with Gasteiger partial charge in [0.1, 0.15) is 5.54 Å². The van der Waals surface area contributed by atoms with Crippen LogP contribution >= 0.6 is 0 Å². The Morgan fingerprint density at radius 2 is 2.56 bits per heavy atom. The Bertz CT molecular complexity index is 168. The average molecular weight is 126 g/mol. The van der Waals surface area contributed by atoms with E-state index in [0.717, 1.165) is 19.4 Å². The summed E-state index contributed by atoms with van der Waals surface area (Å²) in [6, 6.07) is 0. The van der Waals surface area contributed by atoms with Gasteiger partial charge in [-0.05, 0) is 25.3 Å². The van der Waals surface area contributed by atoms with Gasteiger partial charge in [0.05, 0.1) is 0 Å². The minimum Gasteiger partial charge on any atom is -0.368 e. The van der Waals surface area contributed by atoms with Gasteiger partial charge in [-0.2, -0.15) is 0 Å². The lowest BCUT2D eigenvalue weighted by molar-refractivity contribution is -0.120. The van der Waals surface area contributed by atoms with E-state index in [1.54, 1.807) is 0 Å². The largest absolute Gasteiger partial charge is 0.368 e. The zero-order valence-electron chi connectivity index (χ0n) is 5.18. The molecule has 0 aromatic heterocycles. The average Bonchev–Trinajstić information content (AvgIpc) is 2.38. The summed E-state index contributed by atoms with van der Waals surface area (Å²) < 4.78 is 0. The Morgan fingerprint density at radius 3 is 2.78 bits per heavy atom. The van der Waals surface area contributed by atoms with E-state index in [-0.39, 0.29) is 11.4 Å². The maximum atomic E-state index is 10.7. The first kappa shape index (κ1) is 5.23. The summed E-state index contributed by atoms with van der Waals surface area (Å²) in [6.45, 7) is 0.966. The fraction of sp³-hybridized carbons (Fsp3) is 0.833. The van der Waals surface area contributed by atoms with E-state index in [1.807, 2.05) is 0 Å². The zero-order chi connectivity index (χ0) is 6.48. The van der Waals surface area contributed by atoms with Crippen molar-refractivity contribution in [1.29, 1.82) is 0 Å². The summed E-state index contributed by atoms with van der Waals surface area (Å²) in [7, 11) is 0. The number of amides is 1. The molecule has 0 spiro atoms. The van der Waals surface area contributed by atoms with Crippen LogP contribution in [0.1, 0.15) is 12.8 Å². The molecule has 0 aromatic rings. The molecular formula is C6H10N2O. The Labute approximate surface area is 53.6 Å². The summed E-state index contributed by atoms with van der Waals surface area (Å²) in [4.78, 5) is 10.7. The zero-order valence-corrected chi connectivity index (χ0v) is 5.18. The number of fused-ring (bicyclic) bond motifs is 1. The highest BCUT2D eigenvalue weighted by Crippen LogP contribution is 2.49. The fourth-order valence-electron chi connectivity index (χ4n) is 1.75. The maximum absolute atomic E-state index is 10.7. The van der Waals surface area contributed by atoms with Gasteiger partial charge in [-0.25, -0.2) is 0 Å². The Morgan fingerprint density at radius 1 is 1.78 bits per heavy atom. The minimum atomic E-state index is -0.250. The SMILES string of the molecule is NC(=O)[C@]12CC1CCN2. The molecule has 1 aliphatic carbocycles. The number of rotatable bonds is 1. The van der Waals surface area contributed by atoms with Gasteiger partial charge in [-0.1, -0.05) is 0 Å². The topological polar surface area (TPSA) is 55.1 Å². The third-order valence-corrected chi connectivity index (χ3v) is 2.48. The molecule has 2 atom stereocenters. The van der Waals surface area contributed by atoms with Crippen molar-refractivity contribution in [3.05, 3.63) is 0 Å². The molecule has 3 N–H and O–H groups in total. The molecule has 1 saturated carbocycles. The summed E-state index contributed by atoms with van der Waals surface area (Å²) >= 11 is 0. The van der Waals surface area contributed by atoms with Crippen LogP contribution in [-0.4, -0.2) is 18.0 Å². The van der Waals surface area contributed by atoms with E-state index >= 15 is 0 Å². The highest BCUT2D eigenvalue weighted by atomic mass is 16.1. The number of hydrogen-bond acceptors (Lipinski definition) is 2. The summed E-state index contributed by atoms with van der Waals surface area (Å²) in [5, 5.41) is 3.13. The number of hydrogen-bond donors (Lipinski definition) is 2. The van der Waals surface area contributed by atoms with Crippen molar-refractivity contribution in [2.45, 2.75) is 18.4 Å². The van der Waals surface area contributed by atoms with Gasteiger partial charge in [-0.3, -0.25) is 4.79 Å². The predicted octanol–water partition coefficient (Wildman–Crippen LogP) is -0.776. The van der Waals surface area contributed by atoms with Gasteiger partial charge in [0.15, 0.2) is 0 Å². The van der Waals surface area contributed by atoms with Gasteiger partial charge >= 0.3 is 0 Å². The van der Waals surface area contributed by atoms with Gasteiger partial charge in [0, 0.05) is 0 Å². The molecule has 0 radical (unpaired) electrons. The van der Waals surface area contributed by atoms with Crippen LogP contribution in [0.3, 0.4) is 0 Å². The lowest BCUT2D eigenvalue weighted by Gasteiger charge is -2.05. The molecule has 1 aliphatic heterocycles. The molecule has 2 fully saturated rings. The Hall–Kier alpha value is -0.570. The molecule has 2 aliphatic rings. The number of nitrogens with two attached hydrogens (primary N) is 1. The van der Waals surface area contributed by atoms with Crippen LogP contribution < -0.4 is 11.1 Å². The van der Waals surface area contributed by atoms with Crippen LogP contribution in [-0.2, 0) is 4.79 Å². The minimum absolute atomic E-state index is 0.162. The predicted molar refractivity (Wildman–Crippen MR) is 32.7 cm³/mol. The van der Waals surface area contributed by atoms with Gasteiger partial charge in [0.2, 0.25) is 5.91 Å². The van der Waals surface area contributed by atoms with E-state index in [0.29, 0.717) is 5.92 Å². The molecule has 2 rings (SSSR count). The van der Waals surface area contributed by atoms with Crippen LogP contribution in [0.5, 0.6) is 0 Å².